The molecule has 1 atom stereocenters. The Kier molecular flexibility index (Phi) is 14.1. The minimum absolute atomic E-state index is 0.283. The quantitative estimate of drug-likeness (QED) is 0.172. The van der Waals surface area contributed by atoms with Gasteiger partial charge in [-0.05, 0) is 32.6 Å². The summed E-state index contributed by atoms with van der Waals surface area (Å²) in [6, 6.07) is 0. The largest absolute Gasteiger partial charge is 0.469 e. The molecule has 0 aromatic heterocycles. The molecule has 0 aliphatic heterocycles. The Balaban J connectivity index is 3.96. The highest BCUT2D eigenvalue weighted by molar-refractivity contribution is 7.46. The monoisotopic (exact) mass is 378 g/mol. The molecule has 0 saturated heterocycles. The van der Waals surface area contributed by atoms with Crippen LogP contribution in [0.2, 0.25) is 0 Å². The Labute approximate surface area is 152 Å². The molecule has 0 aromatic rings. The molecule has 0 aliphatic carbocycles. The number of hydrogen-bond donors (Lipinski definition) is 2. The number of rotatable bonds is 16. The number of phosphoric acid groups is 1. The first-order valence-corrected chi connectivity index (χ1v) is 10.9. The Morgan fingerprint density at radius 1 is 1.00 bits per heavy atom. The van der Waals surface area contributed by atoms with Gasteiger partial charge in [0.15, 0.2) is 0 Å². The second-order valence-corrected chi connectivity index (χ2v) is 7.73. The smallest absolute Gasteiger partial charge is 0.462 e. The molecule has 0 fully saturated rings. The number of hydrogen-bond acceptors (Lipinski definition) is 4. The predicted molar refractivity (Wildman–Crippen MR) is 99.2 cm³/mol. The van der Waals surface area contributed by atoms with Crippen molar-refractivity contribution in [2.45, 2.75) is 90.6 Å². The maximum atomic E-state index is 11.2. The molecule has 1 unspecified atom stereocenters. The minimum Gasteiger partial charge on any atom is -0.462 e. The summed E-state index contributed by atoms with van der Waals surface area (Å²) in [6.45, 7) is 7.57. The molecule has 0 amide bonds. The minimum atomic E-state index is -4.47. The Morgan fingerprint density at radius 2 is 1.52 bits per heavy atom. The fraction of sp³-hybridized carbons (Fsp3) is 0.833. The van der Waals surface area contributed by atoms with E-state index < -0.39 is 19.9 Å². The van der Waals surface area contributed by atoms with E-state index in [1.165, 1.54) is 25.7 Å². The van der Waals surface area contributed by atoms with E-state index in [0.717, 1.165) is 19.3 Å². The summed E-state index contributed by atoms with van der Waals surface area (Å²) >= 11 is 0. The van der Waals surface area contributed by atoms with Crippen molar-refractivity contribution in [2.75, 3.05) is 6.61 Å². The number of carbonyl (C=O) groups is 1. The summed E-state index contributed by atoms with van der Waals surface area (Å²) in [5.41, 5.74) is 0.363. The molecule has 0 spiro atoms. The van der Waals surface area contributed by atoms with Crippen molar-refractivity contribution in [1.82, 2.24) is 0 Å². The van der Waals surface area contributed by atoms with Gasteiger partial charge in [0.25, 0.3) is 0 Å². The summed E-state index contributed by atoms with van der Waals surface area (Å²) in [7, 11) is -4.47. The van der Waals surface area contributed by atoms with Gasteiger partial charge < -0.3 is 14.5 Å². The number of phosphoric ester groups is 1. The standard InChI is InChI=1S/C18H35O6P/c1-4-5-6-7-8-9-10-13-17(24-25(20,21)22)14-11-12-15-23-18(19)16(2)3/h17H,2,4-15H2,1,3H3,(H2,20,21,22). The van der Waals surface area contributed by atoms with Crippen molar-refractivity contribution in [2.24, 2.45) is 0 Å². The maximum Gasteiger partial charge on any atom is 0.469 e. The molecule has 6 nitrogen and oxygen atoms in total. The van der Waals surface area contributed by atoms with Crippen LogP contribution in [0.1, 0.15) is 84.5 Å². The normalized spacial score (nSPS) is 12.8. The lowest BCUT2D eigenvalue weighted by Crippen LogP contribution is -2.12. The molecule has 0 aromatic carbocycles. The van der Waals surface area contributed by atoms with Crippen molar-refractivity contribution in [3.63, 3.8) is 0 Å². The molecule has 0 rings (SSSR count). The zero-order chi connectivity index (χ0) is 19.1. The van der Waals surface area contributed by atoms with Gasteiger partial charge >= 0.3 is 13.8 Å². The fourth-order valence-corrected chi connectivity index (χ4v) is 3.13. The van der Waals surface area contributed by atoms with Crippen molar-refractivity contribution < 1.29 is 28.4 Å². The molecule has 0 radical (unpaired) electrons. The van der Waals surface area contributed by atoms with Crippen LogP contribution in [0.4, 0.5) is 0 Å². The Bertz CT molecular complexity index is 418. The second kappa shape index (κ2) is 14.5. The third kappa shape index (κ3) is 16.5. The van der Waals surface area contributed by atoms with Crippen LogP contribution in [-0.4, -0.2) is 28.5 Å². The van der Waals surface area contributed by atoms with Crippen LogP contribution in [-0.2, 0) is 18.6 Å². The SMILES string of the molecule is C=C(C)C(=O)OCCCCC(CCCCCCCCC)OP(=O)(O)O. The van der Waals surface area contributed by atoms with Gasteiger partial charge in [0, 0.05) is 5.57 Å². The topological polar surface area (TPSA) is 93.1 Å². The first-order valence-electron chi connectivity index (χ1n) is 9.32. The molecular formula is C18H35O6P. The first-order chi connectivity index (χ1) is 11.8. The lowest BCUT2D eigenvalue weighted by molar-refractivity contribution is -0.139. The molecule has 0 saturated carbocycles. The van der Waals surface area contributed by atoms with Crippen molar-refractivity contribution in [3.8, 4) is 0 Å². The van der Waals surface area contributed by atoms with Gasteiger partial charge in [-0.2, -0.15) is 0 Å². The first kappa shape index (κ1) is 24.3. The lowest BCUT2D eigenvalue weighted by atomic mass is 10.0. The zero-order valence-corrected chi connectivity index (χ0v) is 16.6. The summed E-state index contributed by atoms with van der Waals surface area (Å²) in [4.78, 5) is 29.3. The van der Waals surface area contributed by atoms with Gasteiger partial charge in [-0.25, -0.2) is 9.36 Å². The predicted octanol–water partition coefficient (Wildman–Crippen LogP) is 4.89. The van der Waals surface area contributed by atoms with Crippen LogP contribution in [0.3, 0.4) is 0 Å². The maximum absolute atomic E-state index is 11.2. The van der Waals surface area contributed by atoms with Crippen LogP contribution < -0.4 is 0 Å². The van der Waals surface area contributed by atoms with Gasteiger partial charge in [0.1, 0.15) is 0 Å². The molecule has 25 heavy (non-hydrogen) atoms. The van der Waals surface area contributed by atoms with E-state index in [-0.39, 0.29) is 6.61 Å². The van der Waals surface area contributed by atoms with E-state index in [2.05, 4.69) is 13.5 Å². The molecule has 0 aliphatic rings. The van der Waals surface area contributed by atoms with Gasteiger partial charge in [-0.15, -0.1) is 0 Å². The molecule has 148 valence electrons. The molecule has 0 heterocycles. The van der Waals surface area contributed by atoms with Gasteiger partial charge in [0.2, 0.25) is 0 Å². The lowest BCUT2D eigenvalue weighted by Gasteiger charge is -2.18. The summed E-state index contributed by atoms with van der Waals surface area (Å²) in [5.74, 6) is -0.411. The van der Waals surface area contributed by atoms with Crippen molar-refractivity contribution in [3.05, 3.63) is 12.2 Å². The average molecular weight is 378 g/mol. The fourth-order valence-electron chi connectivity index (χ4n) is 2.54. The van der Waals surface area contributed by atoms with E-state index in [0.29, 0.717) is 31.3 Å². The Morgan fingerprint density at radius 3 is 2.04 bits per heavy atom. The van der Waals surface area contributed by atoms with Crippen molar-refractivity contribution >= 4 is 13.8 Å². The third-order valence-corrected chi connectivity index (χ3v) is 4.49. The number of unbranched alkanes of at least 4 members (excludes halogenated alkanes) is 7. The Hall–Kier alpha value is -0.680. The second-order valence-electron chi connectivity index (χ2n) is 6.54. The van der Waals surface area contributed by atoms with Gasteiger partial charge in [-0.1, -0.05) is 58.4 Å². The van der Waals surface area contributed by atoms with E-state index in [9.17, 15) is 9.36 Å². The van der Waals surface area contributed by atoms with Crippen LogP contribution in [0.5, 0.6) is 0 Å². The average Bonchev–Trinajstić information content (AvgIpc) is 2.51. The van der Waals surface area contributed by atoms with E-state index >= 15 is 0 Å². The number of carbonyl (C=O) groups excluding carboxylic acids is 1. The van der Waals surface area contributed by atoms with Crippen LogP contribution >= 0.6 is 7.82 Å². The van der Waals surface area contributed by atoms with Crippen LogP contribution in [0, 0.1) is 0 Å². The molecular weight excluding hydrogens is 343 g/mol. The van der Waals surface area contributed by atoms with Gasteiger partial charge in [-0.3, -0.25) is 4.52 Å². The third-order valence-electron chi connectivity index (χ3n) is 3.92. The van der Waals surface area contributed by atoms with E-state index in [4.69, 9.17) is 19.0 Å². The van der Waals surface area contributed by atoms with Crippen LogP contribution in [0.15, 0.2) is 12.2 Å². The zero-order valence-electron chi connectivity index (χ0n) is 15.7. The van der Waals surface area contributed by atoms with Crippen LogP contribution in [0.25, 0.3) is 0 Å². The summed E-state index contributed by atoms with van der Waals surface area (Å²) in [6.07, 6.45) is 10.1. The highest BCUT2D eigenvalue weighted by atomic mass is 31.2. The summed E-state index contributed by atoms with van der Waals surface area (Å²) in [5, 5.41) is 0. The molecule has 2 N–H and O–H groups in total. The molecule has 0 bridgehead atoms. The van der Waals surface area contributed by atoms with E-state index in [1.54, 1.807) is 6.92 Å². The van der Waals surface area contributed by atoms with Gasteiger partial charge in [0.05, 0.1) is 12.7 Å². The van der Waals surface area contributed by atoms with Crippen molar-refractivity contribution in [1.29, 1.82) is 0 Å². The highest BCUT2D eigenvalue weighted by Crippen LogP contribution is 2.39. The summed E-state index contributed by atoms with van der Waals surface area (Å²) < 4.78 is 21.0. The molecule has 7 heteroatoms. The number of ether oxygens (including phenoxy) is 1. The number of esters is 1. The van der Waals surface area contributed by atoms with E-state index in [1.807, 2.05) is 0 Å². The highest BCUT2D eigenvalue weighted by Gasteiger charge is 2.21.